The Morgan fingerprint density at radius 2 is 2.21 bits per heavy atom. The molecule has 0 bridgehead atoms. The predicted octanol–water partition coefficient (Wildman–Crippen LogP) is 1.92. The molecule has 0 saturated heterocycles. The summed E-state index contributed by atoms with van der Waals surface area (Å²) in [6.07, 6.45) is 2.35. The zero-order valence-electron chi connectivity index (χ0n) is 7.79. The molecule has 70 valence electrons. The van der Waals surface area contributed by atoms with Gasteiger partial charge in [0, 0.05) is 5.69 Å². The zero-order valence-corrected chi connectivity index (χ0v) is 7.79. The molecule has 1 N–H and O–H groups in total. The lowest BCUT2D eigenvalue weighted by Crippen LogP contribution is -2.43. The van der Waals surface area contributed by atoms with Crippen LogP contribution in [0.15, 0.2) is 24.3 Å². The first-order valence-electron chi connectivity index (χ1n) is 5.23. The summed E-state index contributed by atoms with van der Waals surface area (Å²) < 4.78 is 0. The third kappa shape index (κ3) is 0.551. The molecule has 0 radical (unpaired) electrons. The van der Waals surface area contributed by atoms with Gasteiger partial charge in [-0.3, -0.25) is 4.79 Å². The fourth-order valence-electron chi connectivity index (χ4n) is 3.39. The first-order chi connectivity index (χ1) is 6.82. The Balaban J connectivity index is 1.96. The van der Waals surface area contributed by atoms with Crippen molar-refractivity contribution < 1.29 is 4.79 Å². The molecule has 3 aliphatic rings. The summed E-state index contributed by atoms with van der Waals surface area (Å²) in [6, 6.07) is 8.15. The van der Waals surface area contributed by atoms with E-state index in [9.17, 15) is 4.79 Å². The molecule has 1 heterocycles. The van der Waals surface area contributed by atoms with Gasteiger partial charge >= 0.3 is 0 Å². The molecule has 1 aromatic rings. The molecule has 2 nitrogen and oxygen atoms in total. The second-order valence-electron chi connectivity index (χ2n) is 4.78. The molecule has 0 aromatic heterocycles. The quantitative estimate of drug-likeness (QED) is 0.657. The Bertz CT molecular complexity index is 453. The van der Waals surface area contributed by atoms with E-state index >= 15 is 0 Å². The van der Waals surface area contributed by atoms with Gasteiger partial charge in [0.2, 0.25) is 5.91 Å². The molecule has 2 heteroatoms. The average Bonchev–Trinajstić information content (AvgIpc) is 2.73. The minimum Gasteiger partial charge on any atom is -0.325 e. The number of anilines is 1. The summed E-state index contributed by atoms with van der Waals surface area (Å²) in [5.74, 6) is 1.76. The molecule has 1 aromatic carbocycles. The fraction of sp³-hybridized carbons (Fsp3) is 0.417. The van der Waals surface area contributed by atoms with Crippen molar-refractivity contribution >= 4 is 11.6 Å². The maximum absolute atomic E-state index is 12.0. The average molecular weight is 185 g/mol. The number of rotatable bonds is 0. The highest BCUT2D eigenvalue weighted by Gasteiger charge is 2.70. The van der Waals surface area contributed by atoms with Crippen molar-refractivity contribution in [3.8, 4) is 0 Å². The van der Waals surface area contributed by atoms with Crippen LogP contribution in [0.5, 0.6) is 0 Å². The molecule has 2 saturated carbocycles. The maximum Gasteiger partial charge on any atom is 0.235 e. The van der Waals surface area contributed by atoms with Crippen molar-refractivity contribution in [2.24, 2.45) is 11.8 Å². The van der Waals surface area contributed by atoms with E-state index in [1.165, 1.54) is 12.0 Å². The van der Waals surface area contributed by atoms with E-state index in [1.54, 1.807) is 0 Å². The Morgan fingerprint density at radius 1 is 1.36 bits per heavy atom. The number of hydrogen-bond donors (Lipinski definition) is 1. The molecule has 14 heavy (non-hydrogen) atoms. The highest BCUT2D eigenvalue weighted by molar-refractivity contribution is 6.07. The van der Waals surface area contributed by atoms with Gasteiger partial charge in [-0.05, 0) is 36.3 Å². The monoisotopic (exact) mass is 185 g/mol. The molecule has 1 spiro atoms. The summed E-state index contributed by atoms with van der Waals surface area (Å²) in [7, 11) is 0. The smallest absolute Gasteiger partial charge is 0.235 e. The van der Waals surface area contributed by atoms with Gasteiger partial charge in [0.15, 0.2) is 0 Å². The van der Waals surface area contributed by atoms with Crippen LogP contribution in [0.3, 0.4) is 0 Å². The lowest BCUT2D eigenvalue weighted by molar-refractivity contribution is -0.124. The van der Waals surface area contributed by atoms with Crippen molar-refractivity contribution in [1.82, 2.24) is 0 Å². The Hall–Kier alpha value is -1.31. The lowest BCUT2D eigenvalue weighted by atomic mass is 9.65. The molecular formula is C12H11NO. The second-order valence-corrected chi connectivity index (χ2v) is 4.78. The molecule has 2 fully saturated rings. The van der Waals surface area contributed by atoms with Gasteiger partial charge < -0.3 is 5.32 Å². The zero-order chi connectivity index (χ0) is 9.34. The Labute approximate surface area is 82.3 Å². The third-order valence-corrected chi connectivity index (χ3v) is 4.20. The van der Waals surface area contributed by atoms with Crippen molar-refractivity contribution in [1.29, 1.82) is 0 Å². The summed E-state index contributed by atoms with van der Waals surface area (Å²) in [6.45, 7) is 0. The fourth-order valence-corrected chi connectivity index (χ4v) is 3.39. The summed E-state index contributed by atoms with van der Waals surface area (Å²) in [5, 5.41) is 3.01. The van der Waals surface area contributed by atoms with E-state index in [1.807, 2.05) is 18.2 Å². The van der Waals surface area contributed by atoms with E-state index in [0.717, 1.165) is 18.0 Å². The van der Waals surface area contributed by atoms with Crippen LogP contribution in [0.2, 0.25) is 0 Å². The number of carbonyl (C=O) groups is 1. The van der Waals surface area contributed by atoms with E-state index in [2.05, 4.69) is 11.4 Å². The van der Waals surface area contributed by atoms with Crippen molar-refractivity contribution in [2.75, 3.05) is 5.32 Å². The highest BCUT2D eigenvalue weighted by Crippen LogP contribution is 2.70. The highest BCUT2D eigenvalue weighted by atomic mass is 16.2. The van der Waals surface area contributed by atoms with Gasteiger partial charge in [0.05, 0.1) is 5.41 Å². The molecule has 1 amide bonds. The van der Waals surface area contributed by atoms with E-state index in [0.29, 0.717) is 5.92 Å². The van der Waals surface area contributed by atoms with Crippen molar-refractivity contribution in [3.05, 3.63) is 29.8 Å². The van der Waals surface area contributed by atoms with Crippen LogP contribution in [-0.2, 0) is 10.2 Å². The number of para-hydroxylation sites is 1. The van der Waals surface area contributed by atoms with E-state index in [4.69, 9.17) is 0 Å². The van der Waals surface area contributed by atoms with Gasteiger partial charge in [-0.1, -0.05) is 18.2 Å². The molecule has 1 aliphatic heterocycles. The Morgan fingerprint density at radius 3 is 2.93 bits per heavy atom. The van der Waals surface area contributed by atoms with E-state index < -0.39 is 0 Å². The molecule has 3 unspecified atom stereocenters. The van der Waals surface area contributed by atoms with Crippen LogP contribution in [0, 0.1) is 11.8 Å². The standard InChI is InChI=1S/C12H11NO/c14-11-12(6-7-5-9(7)12)8-3-1-2-4-10(8)13-11/h1-4,7,9H,5-6H2,(H,13,14). The molecule has 4 rings (SSSR count). The van der Waals surface area contributed by atoms with Crippen LogP contribution in [0.25, 0.3) is 0 Å². The Kier molecular flexibility index (Phi) is 0.944. The number of amides is 1. The molecule has 3 atom stereocenters. The number of nitrogens with one attached hydrogen (secondary N) is 1. The third-order valence-electron chi connectivity index (χ3n) is 4.20. The van der Waals surface area contributed by atoms with Crippen molar-refractivity contribution in [3.63, 3.8) is 0 Å². The first kappa shape index (κ1) is 7.04. The van der Waals surface area contributed by atoms with Crippen LogP contribution >= 0.6 is 0 Å². The van der Waals surface area contributed by atoms with Gasteiger partial charge in [0.25, 0.3) is 0 Å². The van der Waals surface area contributed by atoms with Crippen LogP contribution in [-0.4, -0.2) is 5.91 Å². The number of carbonyl (C=O) groups excluding carboxylic acids is 1. The maximum atomic E-state index is 12.0. The number of hydrogen-bond acceptors (Lipinski definition) is 1. The summed E-state index contributed by atoms with van der Waals surface area (Å²) in [4.78, 5) is 12.0. The van der Waals surface area contributed by atoms with Gasteiger partial charge in [-0.15, -0.1) is 0 Å². The largest absolute Gasteiger partial charge is 0.325 e. The van der Waals surface area contributed by atoms with Crippen LogP contribution in [0.1, 0.15) is 18.4 Å². The van der Waals surface area contributed by atoms with Crippen molar-refractivity contribution in [2.45, 2.75) is 18.3 Å². The number of fused-ring (bicyclic) bond motifs is 4. The lowest BCUT2D eigenvalue weighted by Gasteiger charge is -2.35. The first-order valence-corrected chi connectivity index (χ1v) is 5.23. The van der Waals surface area contributed by atoms with Gasteiger partial charge in [-0.2, -0.15) is 0 Å². The van der Waals surface area contributed by atoms with Gasteiger partial charge in [0.1, 0.15) is 0 Å². The van der Waals surface area contributed by atoms with Crippen LogP contribution in [0.4, 0.5) is 5.69 Å². The minimum atomic E-state index is -0.110. The van der Waals surface area contributed by atoms with Crippen LogP contribution < -0.4 is 5.32 Å². The topological polar surface area (TPSA) is 29.1 Å². The van der Waals surface area contributed by atoms with E-state index in [-0.39, 0.29) is 11.3 Å². The van der Waals surface area contributed by atoms with Gasteiger partial charge in [-0.25, -0.2) is 0 Å². The summed E-state index contributed by atoms with van der Waals surface area (Å²) in [5.41, 5.74) is 2.19. The molecular weight excluding hydrogens is 174 g/mol. The normalized spacial score (nSPS) is 41.3. The second kappa shape index (κ2) is 1.88. The number of benzene rings is 1. The summed E-state index contributed by atoms with van der Waals surface area (Å²) >= 11 is 0. The SMILES string of the molecule is O=C1Nc2ccccc2C12CC1CC12. The molecule has 2 aliphatic carbocycles. The minimum absolute atomic E-state index is 0.110. The predicted molar refractivity (Wildman–Crippen MR) is 53.0 cm³/mol.